The number of aryl methyl sites for hydroxylation is 2. The van der Waals surface area contributed by atoms with Crippen molar-refractivity contribution in [2.45, 2.75) is 52.4 Å². The normalized spacial score (nSPS) is 15.9. The van der Waals surface area contributed by atoms with Crippen molar-refractivity contribution in [2.75, 3.05) is 0 Å². The summed E-state index contributed by atoms with van der Waals surface area (Å²) in [6.07, 6.45) is 10.3. The maximum absolute atomic E-state index is 4.98. The van der Waals surface area contributed by atoms with Crippen LogP contribution in [0.5, 0.6) is 0 Å². The monoisotopic (exact) mass is 318 g/mol. The Hall–Kier alpha value is -2.09. The molecule has 0 saturated heterocycles. The SMILES string of the molecule is Cc1ccc(-c2nc3ccc(C)cn3c2CC2CCCCC2)cc1. The van der Waals surface area contributed by atoms with Gasteiger partial charge in [0.25, 0.3) is 0 Å². The molecule has 2 heteroatoms. The number of rotatable bonds is 3. The molecule has 2 nitrogen and oxygen atoms in total. The van der Waals surface area contributed by atoms with Crippen molar-refractivity contribution in [2.24, 2.45) is 5.92 Å². The van der Waals surface area contributed by atoms with Crippen LogP contribution in [-0.2, 0) is 6.42 Å². The number of hydrogen-bond acceptors (Lipinski definition) is 1. The molecule has 0 atom stereocenters. The third-order valence-corrected chi connectivity index (χ3v) is 5.40. The van der Waals surface area contributed by atoms with E-state index in [1.807, 2.05) is 0 Å². The van der Waals surface area contributed by atoms with E-state index < -0.39 is 0 Å². The molecule has 1 aliphatic rings. The fourth-order valence-electron chi connectivity index (χ4n) is 4.00. The summed E-state index contributed by atoms with van der Waals surface area (Å²) in [6, 6.07) is 13.1. The molecule has 0 radical (unpaired) electrons. The first kappa shape index (κ1) is 15.4. The van der Waals surface area contributed by atoms with Gasteiger partial charge in [0.2, 0.25) is 0 Å². The highest BCUT2D eigenvalue weighted by Crippen LogP contribution is 2.32. The number of nitrogens with zero attached hydrogens (tertiary/aromatic N) is 2. The Bertz CT molecular complexity index is 836. The summed E-state index contributed by atoms with van der Waals surface area (Å²) in [5, 5.41) is 0. The van der Waals surface area contributed by atoms with Gasteiger partial charge >= 0.3 is 0 Å². The fourth-order valence-corrected chi connectivity index (χ4v) is 4.00. The van der Waals surface area contributed by atoms with Crippen LogP contribution in [0.3, 0.4) is 0 Å². The first-order chi connectivity index (χ1) is 11.7. The maximum Gasteiger partial charge on any atom is 0.137 e. The molecular weight excluding hydrogens is 292 g/mol. The summed E-state index contributed by atoms with van der Waals surface area (Å²) in [5.41, 5.74) is 7.47. The van der Waals surface area contributed by atoms with E-state index in [1.165, 1.54) is 60.2 Å². The Morgan fingerprint density at radius 1 is 0.917 bits per heavy atom. The van der Waals surface area contributed by atoms with E-state index >= 15 is 0 Å². The van der Waals surface area contributed by atoms with E-state index in [1.54, 1.807) is 0 Å². The lowest BCUT2D eigenvalue weighted by atomic mass is 9.85. The van der Waals surface area contributed by atoms with Gasteiger partial charge in [0, 0.05) is 11.8 Å². The van der Waals surface area contributed by atoms with Gasteiger partial charge in [0.1, 0.15) is 5.65 Å². The van der Waals surface area contributed by atoms with Gasteiger partial charge in [-0.25, -0.2) is 4.98 Å². The molecule has 3 aromatic rings. The van der Waals surface area contributed by atoms with Gasteiger partial charge in [-0.15, -0.1) is 0 Å². The first-order valence-electron chi connectivity index (χ1n) is 9.25. The van der Waals surface area contributed by atoms with E-state index in [0.717, 1.165) is 18.0 Å². The highest BCUT2D eigenvalue weighted by atomic mass is 15.0. The number of hydrogen-bond donors (Lipinski definition) is 0. The van der Waals surface area contributed by atoms with Crippen LogP contribution in [0.2, 0.25) is 0 Å². The summed E-state index contributed by atoms with van der Waals surface area (Å²) in [5.74, 6) is 0.809. The Kier molecular flexibility index (Phi) is 4.13. The molecule has 0 aliphatic heterocycles. The summed E-state index contributed by atoms with van der Waals surface area (Å²) in [4.78, 5) is 4.98. The molecule has 1 saturated carbocycles. The summed E-state index contributed by atoms with van der Waals surface area (Å²) < 4.78 is 2.33. The van der Waals surface area contributed by atoms with Gasteiger partial charge in [-0.3, -0.25) is 0 Å². The first-order valence-corrected chi connectivity index (χ1v) is 9.25. The van der Waals surface area contributed by atoms with Gasteiger partial charge < -0.3 is 4.40 Å². The largest absolute Gasteiger partial charge is 0.303 e. The lowest BCUT2D eigenvalue weighted by molar-refractivity contribution is 0.354. The summed E-state index contributed by atoms with van der Waals surface area (Å²) >= 11 is 0. The zero-order valence-electron chi connectivity index (χ0n) is 14.8. The smallest absolute Gasteiger partial charge is 0.137 e. The second-order valence-electron chi connectivity index (χ2n) is 7.42. The van der Waals surface area contributed by atoms with Gasteiger partial charge in [0.05, 0.1) is 11.4 Å². The molecule has 1 aliphatic carbocycles. The van der Waals surface area contributed by atoms with Crippen molar-refractivity contribution in [1.29, 1.82) is 0 Å². The highest BCUT2D eigenvalue weighted by Gasteiger charge is 2.20. The van der Waals surface area contributed by atoms with E-state index in [2.05, 4.69) is 60.8 Å². The maximum atomic E-state index is 4.98. The molecule has 0 unspecified atom stereocenters. The molecular formula is C22H26N2. The number of benzene rings is 1. The number of fused-ring (bicyclic) bond motifs is 1. The second kappa shape index (κ2) is 6.43. The van der Waals surface area contributed by atoms with E-state index in [0.29, 0.717) is 0 Å². The minimum atomic E-state index is 0.809. The lowest BCUT2D eigenvalue weighted by Gasteiger charge is -2.21. The van der Waals surface area contributed by atoms with Crippen molar-refractivity contribution >= 4 is 5.65 Å². The van der Waals surface area contributed by atoms with Crippen molar-refractivity contribution in [3.8, 4) is 11.3 Å². The Morgan fingerprint density at radius 3 is 2.38 bits per heavy atom. The van der Waals surface area contributed by atoms with Crippen LogP contribution >= 0.6 is 0 Å². The summed E-state index contributed by atoms with van der Waals surface area (Å²) in [6.45, 7) is 4.30. The van der Waals surface area contributed by atoms with Gasteiger partial charge in [-0.2, -0.15) is 0 Å². The average molecular weight is 318 g/mol. The Morgan fingerprint density at radius 2 is 1.62 bits per heavy atom. The van der Waals surface area contributed by atoms with Crippen LogP contribution in [0.4, 0.5) is 0 Å². The average Bonchev–Trinajstić information content (AvgIpc) is 2.94. The Labute approximate surface area is 144 Å². The highest BCUT2D eigenvalue weighted by molar-refractivity contribution is 5.67. The molecule has 2 aromatic heterocycles. The Balaban J connectivity index is 1.81. The predicted octanol–water partition coefficient (Wildman–Crippen LogP) is 5.74. The molecule has 24 heavy (non-hydrogen) atoms. The van der Waals surface area contributed by atoms with Gasteiger partial charge in [0.15, 0.2) is 0 Å². The van der Waals surface area contributed by atoms with Crippen molar-refractivity contribution < 1.29 is 0 Å². The predicted molar refractivity (Wildman–Crippen MR) is 100 cm³/mol. The fraction of sp³-hybridized carbons (Fsp3) is 0.409. The zero-order valence-corrected chi connectivity index (χ0v) is 14.8. The van der Waals surface area contributed by atoms with Gasteiger partial charge in [-0.05, 0) is 37.8 Å². The molecule has 0 spiro atoms. The van der Waals surface area contributed by atoms with Crippen molar-refractivity contribution in [3.63, 3.8) is 0 Å². The van der Waals surface area contributed by atoms with Crippen LogP contribution in [0.15, 0.2) is 42.6 Å². The van der Waals surface area contributed by atoms with E-state index in [9.17, 15) is 0 Å². The van der Waals surface area contributed by atoms with Crippen LogP contribution in [-0.4, -0.2) is 9.38 Å². The third-order valence-electron chi connectivity index (χ3n) is 5.40. The zero-order chi connectivity index (χ0) is 16.5. The van der Waals surface area contributed by atoms with E-state index in [-0.39, 0.29) is 0 Å². The topological polar surface area (TPSA) is 17.3 Å². The quantitative estimate of drug-likeness (QED) is 0.602. The molecule has 0 amide bonds. The molecule has 1 fully saturated rings. The molecule has 0 N–H and O–H groups in total. The molecule has 4 rings (SSSR count). The minimum absolute atomic E-state index is 0.809. The van der Waals surface area contributed by atoms with Crippen molar-refractivity contribution in [3.05, 3.63) is 59.4 Å². The van der Waals surface area contributed by atoms with Crippen LogP contribution in [0, 0.1) is 19.8 Å². The van der Waals surface area contributed by atoms with Crippen molar-refractivity contribution in [1.82, 2.24) is 9.38 Å². The van der Waals surface area contributed by atoms with E-state index in [4.69, 9.17) is 4.98 Å². The number of imidazole rings is 1. The standard InChI is InChI=1S/C22H26N2/c1-16-8-11-19(12-9-16)22-20(14-18-6-4-3-5-7-18)24-15-17(2)10-13-21(24)23-22/h8-13,15,18H,3-7,14H2,1-2H3. The minimum Gasteiger partial charge on any atom is -0.303 e. The molecule has 124 valence electrons. The second-order valence-corrected chi connectivity index (χ2v) is 7.42. The van der Waals surface area contributed by atoms with Crippen LogP contribution < -0.4 is 0 Å². The molecule has 1 aromatic carbocycles. The number of pyridine rings is 1. The lowest BCUT2D eigenvalue weighted by Crippen LogP contribution is -2.11. The summed E-state index contributed by atoms with van der Waals surface area (Å²) in [7, 11) is 0. The number of aromatic nitrogens is 2. The van der Waals surface area contributed by atoms with Crippen LogP contribution in [0.1, 0.15) is 48.9 Å². The molecule has 2 heterocycles. The third kappa shape index (κ3) is 2.98. The van der Waals surface area contributed by atoms with Gasteiger partial charge in [-0.1, -0.05) is 68.0 Å². The molecule has 0 bridgehead atoms. The van der Waals surface area contributed by atoms with Crippen LogP contribution in [0.25, 0.3) is 16.9 Å².